The van der Waals surface area contributed by atoms with Crippen LogP contribution in [0.5, 0.6) is 5.75 Å². The molecule has 0 unspecified atom stereocenters. The fourth-order valence-corrected chi connectivity index (χ4v) is 1.08. The van der Waals surface area contributed by atoms with Crippen molar-refractivity contribution in [2.45, 2.75) is 0 Å². The number of carbonyl (C=O) groups excluding carboxylic acids is 1. The molecule has 92 valence electrons. The molecule has 0 aliphatic carbocycles. The second kappa shape index (κ2) is 5.74. The van der Waals surface area contributed by atoms with Crippen LogP contribution in [0.25, 0.3) is 0 Å². The zero-order valence-corrected chi connectivity index (χ0v) is 9.86. The minimum Gasteiger partial charge on any atom is -0.484 e. The molecule has 6 nitrogen and oxygen atoms in total. The highest BCUT2D eigenvalue weighted by Gasteiger charge is 2.08. The van der Waals surface area contributed by atoms with Crippen molar-refractivity contribution in [1.82, 2.24) is 4.90 Å². The van der Waals surface area contributed by atoms with Gasteiger partial charge in [0.25, 0.3) is 0 Å². The molecular formula is C11H16N4O2. The van der Waals surface area contributed by atoms with Crippen LogP contribution in [0.15, 0.2) is 24.3 Å². The number of anilines is 1. The molecule has 17 heavy (non-hydrogen) atoms. The molecule has 2 amide bonds. The topological polar surface area (TPSA) is 91.4 Å². The number of ether oxygens (including phenoxy) is 1. The van der Waals surface area contributed by atoms with Gasteiger partial charge in [0.05, 0.1) is 5.69 Å². The standard InChI is InChI=1S/C11H16N4O2/c1-15(2)11(16)14-8-5-3-4-6-9(8)17-7-10(12)13/h3-6H,7H2,1-2H3,(H3,12,13)(H,14,16). The van der Waals surface area contributed by atoms with E-state index in [-0.39, 0.29) is 18.5 Å². The third kappa shape index (κ3) is 4.02. The number of nitrogens with two attached hydrogens (primary N) is 1. The number of benzene rings is 1. The average Bonchev–Trinajstić information content (AvgIpc) is 2.27. The van der Waals surface area contributed by atoms with Gasteiger partial charge in [-0.3, -0.25) is 5.41 Å². The zero-order chi connectivity index (χ0) is 12.8. The molecule has 0 radical (unpaired) electrons. The van der Waals surface area contributed by atoms with Crippen molar-refractivity contribution in [3.63, 3.8) is 0 Å². The summed E-state index contributed by atoms with van der Waals surface area (Å²) in [6, 6.07) is 6.74. The van der Waals surface area contributed by atoms with Gasteiger partial charge in [-0.1, -0.05) is 12.1 Å². The molecular weight excluding hydrogens is 220 g/mol. The summed E-state index contributed by atoms with van der Waals surface area (Å²) in [6.45, 7) is -0.00511. The van der Waals surface area contributed by atoms with E-state index >= 15 is 0 Å². The van der Waals surface area contributed by atoms with Crippen LogP contribution in [0.1, 0.15) is 0 Å². The number of hydrogen-bond donors (Lipinski definition) is 3. The maximum Gasteiger partial charge on any atom is 0.321 e. The largest absolute Gasteiger partial charge is 0.484 e. The third-order valence-electron chi connectivity index (χ3n) is 1.92. The maximum absolute atomic E-state index is 11.5. The van der Waals surface area contributed by atoms with Crippen LogP contribution < -0.4 is 15.8 Å². The molecule has 0 atom stereocenters. The maximum atomic E-state index is 11.5. The van der Waals surface area contributed by atoms with E-state index in [4.69, 9.17) is 15.9 Å². The Labute approximate surface area is 99.9 Å². The monoisotopic (exact) mass is 236 g/mol. The molecule has 4 N–H and O–H groups in total. The van der Waals surface area contributed by atoms with Gasteiger partial charge in [-0.15, -0.1) is 0 Å². The minimum absolute atomic E-state index is 0.00511. The first-order valence-electron chi connectivity index (χ1n) is 5.03. The number of para-hydroxylation sites is 2. The summed E-state index contributed by atoms with van der Waals surface area (Å²) < 4.78 is 5.30. The van der Waals surface area contributed by atoms with Gasteiger partial charge in [0.2, 0.25) is 0 Å². The number of urea groups is 1. The first-order valence-corrected chi connectivity index (χ1v) is 5.03. The molecule has 1 aromatic carbocycles. The Morgan fingerprint density at radius 3 is 2.71 bits per heavy atom. The number of nitrogens with zero attached hydrogens (tertiary/aromatic N) is 1. The summed E-state index contributed by atoms with van der Waals surface area (Å²) in [5.74, 6) is 0.414. The number of rotatable bonds is 4. The lowest BCUT2D eigenvalue weighted by Crippen LogP contribution is -2.27. The Morgan fingerprint density at radius 2 is 2.12 bits per heavy atom. The molecule has 0 aliphatic rings. The van der Waals surface area contributed by atoms with Gasteiger partial charge in [0, 0.05) is 14.1 Å². The van der Waals surface area contributed by atoms with Gasteiger partial charge < -0.3 is 20.7 Å². The Balaban J connectivity index is 2.77. The van der Waals surface area contributed by atoms with E-state index < -0.39 is 0 Å². The van der Waals surface area contributed by atoms with E-state index in [1.807, 2.05) is 0 Å². The van der Waals surface area contributed by atoms with Gasteiger partial charge in [0.15, 0.2) is 0 Å². The summed E-state index contributed by atoms with van der Waals surface area (Å²) in [7, 11) is 3.29. The van der Waals surface area contributed by atoms with Crippen molar-refractivity contribution in [2.24, 2.45) is 5.73 Å². The quantitative estimate of drug-likeness (QED) is 0.540. The zero-order valence-electron chi connectivity index (χ0n) is 9.86. The van der Waals surface area contributed by atoms with Gasteiger partial charge in [-0.2, -0.15) is 0 Å². The van der Waals surface area contributed by atoms with Crippen molar-refractivity contribution in [3.05, 3.63) is 24.3 Å². The Kier molecular flexibility index (Phi) is 4.33. The van der Waals surface area contributed by atoms with E-state index in [9.17, 15) is 4.79 Å². The molecule has 0 heterocycles. The van der Waals surface area contributed by atoms with E-state index in [0.29, 0.717) is 11.4 Å². The van der Waals surface area contributed by atoms with E-state index in [0.717, 1.165) is 0 Å². The lowest BCUT2D eigenvalue weighted by molar-refractivity contribution is 0.230. The summed E-state index contributed by atoms with van der Waals surface area (Å²) in [6.07, 6.45) is 0. The van der Waals surface area contributed by atoms with Crippen LogP contribution in [-0.2, 0) is 0 Å². The molecule has 1 rings (SSSR count). The van der Waals surface area contributed by atoms with Gasteiger partial charge in [0.1, 0.15) is 18.2 Å². The smallest absolute Gasteiger partial charge is 0.321 e. The highest BCUT2D eigenvalue weighted by atomic mass is 16.5. The Hall–Kier alpha value is -2.24. The van der Waals surface area contributed by atoms with Gasteiger partial charge in [-0.25, -0.2) is 4.79 Å². The SMILES string of the molecule is CN(C)C(=O)Nc1ccccc1OCC(=N)N. The van der Waals surface area contributed by atoms with Crippen LogP contribution in [-0.4, -0.2) is 37.5 Å². The number of nitrogens with one attached hydrogen (secondary N) is 2. The lowest BCUT2D eigenvalue weighted by atomic mass is 10.3. The van der Waals surface area contributed by atoms with Crippen LogP contribution in [0.4, 0.5) is 10.5 Å². The summed E-state index contributed by atoms with van der Waals surface area (Å²) in [4.78, 5) is 12.9. The minimum atomic E-state index is -0.246. The van der Waals surface area contributed by atoms with Crippen LogP contribution in [0, 0.1) is 5.41 Å². The summed E-state index contributed by atoms with van der Waals surface area (Å²) >= 11 is 0. The van der Waals surface area contributed by atoms with Crippen molar-refractivity contribution >= 4 is 17.6 Å². The first-order chi connectivity index (χ1) is 8.00. The lowest BCUT2D eigenvalue weighted by Gasteiger charge is -2.15. The second-order valence-corrected chi connectivity index (χ2v) is 3.63. The van der Waals surface area contributed by atoms with Crippen LogP contribution in [0.2, 0.25) is 0 Å². The molecule has 0 bridgehead atoms. The van der Waals surface area contributed by atoms with Gasteiger partial charge >= 0.3 is 6.03 Å². The van der Waals surface area contributed by atoms with E-state index in [1.54, 1.807) is 38.4 Å². The third-order valence-corrected chi connectivity index (χ3v) is 1.92. The predicted octanol–water partition coefficient (Wildman–Crippen LogP) is 1.09. The highest BCUT2D eigenvalue weighted by Crippen LogP contribution is 2.23. The Morgan fingerprint density at radius 1 is 1.47 bits per heavy atom. The van der Waals surface area contributed by atoms with Crippen molar-refractivity contribution in [1.29, 1.82) is 5.41 Å². The average molecular weight is 236 g/mol. The molecule has 6 heteroatoms. The van der Waals surface area contributed by atoms with Crippen LogP contribution in [0.3, 0.4) is 0 Å². The molecule has 0 saturated heterocycles. The number of carbonyl (C=O) groups is 1. The molecule has 0 fully saturated rings. The fraction of sp³-hybridized carbons (Fsp3) is 0.273. The second-order valence-electron chi connectivity index (χ2n) is 3.63. The highest BCUT2D eigenvalue weighted by molar-refractivity contribution is 5.90. The predicted molar refractivity (Wildman–Crippen MR) is 66.6 cm³/mol. The van der Waals surface area contributed by atoms with Crippen molar-refractivity contribution in [2.75, 3.05) is 26.0 Å². The summed E-state index contributed by atoms with van der Waals surface area (Å²) in [5.41, 5.74) is 5.75. The van der Waals surface area contributed by atoms with Gasteiger partial charge in [-0.05, 0) is 12.1 Å². The van der Waals surface area contributed by atoms with Crippen LogP contribution >= 0.6 is 0 Å². The van der Waals surface area contributed by atoms with Crippen molar-refractivity contribution in [3.8, 4) is 5.75 Å². The molecule has 0 aromatic heterocycles. The number of amidine groups is 1. The van der Waals surface area contributed by atoms with E-state index in [2.05, 4.69) is 5.32 Å². The fourth-order valence-electron chi connectivity index (χ4n) is 1.08. The molecule has 0 saturated carbocycles. The Bertz CT molecular complexity index is 418. The number of hydrogen-bond acceptors (Lipinski definition) is 3. The first kappa shape index (κ1) is 12.8. The molecule has 1 aromatic rings. The van der Waals surface area contributed by atoms with E-state index in [1.165, 1.54) is 4.90 Å². The normalized spacial score (nSPS) is 9.53. The van der Waals surface area contributed by atoms with Crippen molar-refractivity contribution < 1.29 is 9.53 Å². The number of amides is 2. The molecule has 0 spiro atoms. The summed E-state index contributed by atoms with van der Waals surface area (Å²) in [5, 5.41) is 9.77. The molecule has 0 aliphatic heterocycles.